The number of likely N-dealkylation sites (tertiary alicyclic amines) is 1. The minimum absolute atomic E-state index is 0.0109. The topological polar surface area (TPSA) is 142 Å². The molecule has 5 rings (SSSR count). The molecule has 2 amide bonds. The Morgan fingerprint density at radius 3 is 2.42 bits per heavy atom. The van der Waals surface area contributed by atoms with Gasteiger partial charge < -0.3 is 20.2 Å². The molecule has 4 heterocycles. The van der Waals surface area contributed by atoms with Crippen molar-refractivity contribution >= 4 is 23.7 Å². The largest absolute Gasteiger partial charge is 0.490 e. The fourth-order valence-electron chi connectivity index (χ4n) is 4.93. The van der Waals surface area contributed by atoms with Gasteiger partial charge in [-0.15, -0.1) is 0 Å². The van der Waals surface area contributed by atoms with Crippen LogP contribution in [0, 0.1) is 17.3 Å². The number of carbonyl (C=O) groups is 3. The third-order valence-electron chi connectivity index (χ3n) is 7.08. The molecule has 3 aliphatic rings. The molecule has 2 aliphatic heterocycles. The van der Waals surface area contributed by atoms with Gasteiger partial charge in [0.25, 0.3) is 5.91 Å². The summed E-state index contributed by atoms with van der Waals surface area (Å²) < 4.78 is 31.7. The van der Waals surface area contributed by atoms with E-state index in [1.165, 1.54) is 25.2 Å². The number of hydrogen-bond acceptors (Lipinski definition) is 8. The summed E-state index contributed by atoms with van der Waals surface area (Å²) in [6.45, 7) is 3.15. The Morgan fingerprint density at radius 2 is 1.82 bits per heavy atom. The molecule has 0 radical (unpaired) electrons. The van der Waals surface area contributed by atoms with Gasteiger partial charge in [-0.3, -0.25) is 9.59 Å². The first kappa shape index (κ1) is 27.2. The molecular formula is C24H28F3N7O4. The van der Waals surface area contributed by atoms with Gasteiger partial charge in [0.15, 0.2) is 0 Å². The standard InChI is InChI=1S/C22H27N7O2.C2HF3O2/c30-19(17-5-9-26-27-12-17)28-10-1-6-22(20(31)25-11-16-3-4-16)15-29(14-18(22)13-28)21-23-7-2-8-24-21;3-2(4,5)1(6)7/h2,5,7-9,12,16,18H,1,3-4,6,10-11,13-15H2,(H,25,31);(H,6,7)/t18-,22+;/m0./s1. The van der Waals surface area contributed by atoms with Crippen molar-refractivity contribution < 1.29 is 32.7 Å². The lowest BCUT2D eigenvalue weighted by Crippen LogP contribution is -2.48. The lowest BCUT2D eigenvalue weighted by atomic mass is 9.74. The molecule has 2 saturated heterocycles. The Labute approximate surface area is 216 Å². The average molecular weight is 536 g/mol. The second-order valence-electron chi connectivity index (χ2n) is 9.72. The van der Waals surface area contributed by atoms with Crippen LogP contribution in [0.2, 0.25) is 0 Å². The molecule has 0 aromatic carbocycles. The molecule has 2 N–H and O–H groups in total. The van der Waals surface area contributed by atoms with Gasteiger partial charge in [0.2, 0.25) is 11.9 Å². The number of fused-ring (bicyclic) bond motifs is 1. The van der Waals surface area contributed by atoms with Crippen LogP contribution in [0.5, 0.6) is 0 Å². The molecule has 1 saturated carbocycles. The molecule has 2 aromatic rings. The summed E-state index contributed by atoms with van der Waals surface area (Å²) in [5.41, 5.74) is -0.0125. The first-order valence-corrected chi connectivity index (χ1v) is 12.3. The molecule has 1 aliphatic carbocycles. The van der Waals surface area contributed by atoms with Crippen LogP contribution in [0.4, 0.5) is 19.1 Å². The van der Waals surface area contributed by atoms with Crippen LogP contribution in [0.25, 0.3) is 0 Å². The van der Waals surface area contributed by atoms with Gasteiger partial charge in [0.1, 0.15) is 0 Å². The van der Waals surface area contributed by atoms with E-state index in [9.17, 15) is 22.8 Å². The van der Waals surface area contributed by atoms with E-state index in [0.717, 1.165) is 19.4 Å². The van der Waals surface area contributed by atoms with Gasteiger partial charge in [-0.2, -0.15) is 23.4 Å². The van der Waals surface area contributed by atoms with Crippen molar-refractivity contribution in [1.29, 1.82) is 0 Å². The zero-order chi connectivity index (χ0) is 27.3. The second-order valence-corrected chi connectivity index (χ2v) is 9.72. The molecular weight excluding hydrogens is 507 g/mol. The highest BCUT2D eigenvalue weighted by molar-refractivity contribution is 5.94. The van der Waals surface area contributed by atoms with Gasteiger partial charge >= 0.3 is 12.1 Å². The number of halogens is 3. The number of amides is 2. The van der Waals surface area contributed by atoms with Crippen LogP contribution in [-0.2, 0) is 9.59 Å². The quantitative estimate of drug-likeness (QED) is 0.586. The van der Waals surface area contributed by atoms with E-state index in [4.69, 9.17) is 9.90 Å². The monoisotopic (exact) mass is 535 g/mol. The molecule has 204 valence electrons. The van der Waals surface area contributed by atoms with Crippen LogP contribution < -0.4 is 10.2 Å². The van der Waals surface area contributed by atoms with Gasteiger partial charge in [0.05, 0.1) is 23.4 Å². The number of aromatic nitrogens is 4. The number of hydrogen-bond donors (Lipinski definition) is 2. The molecule has 2 aromatic heterocycles. The fourth-order valence-corrected chi connectivity index (χ4v) is 4.93. The van der Waals surface area contributed by atoms with Crippen molar-refractivity contribution in [2.45, 2.75) is 31.9 Å². The zero-order valence-electron chi connectivity index (χ0n) is 20.5. The maximum Gasteiger partial charge on any atom is 0.490 e. The normalized spacial score (nSPS) is 23.0. The molecule has 2 atom stereocenters. The minimum atomic E-state index is -5.08. The van der Waals surface area contributed by atoms with E-state index >= 15 is 0 Å². The Morgan fingerprint density at radius 1 is 1.11 bits per heavy atom. The lowest BCUT2D eigenvalue weighted by molar-refractivity contribution is -0.192. The van der Waals surface area contributed by atoms with E-state index in [-0.39, 0.29) is 17.7 Å². The first-order valence-electron chi connectivity index (χ1n) is 12.3. The van der Waals surface area contributed by atoms with E-state index in [2.05, 4.69) is 30.4 Å². The molecule has 0 spiro atoms. The summed E-state index contributed by atoms with van der Waals surface area (Å²) in [5, 5.41) is 18.0. The van der Waals surface area contributed by atoms with Gasteiger partial charge in [-0.05, 0) is 43.7 Å². The van der Waals surface area contributed by atoms with Crippen LogP contribution in [0.15, 0.2) is 36.9 Å². The molecule has 14 heteroatoms. The molecule has 3 fully saturated rings. The van der Waals surface area contributed by atoms with E-state index in [1.807, 2.05) is 4.90 Å². The average Bonchev–Trinajstić information content (AvgIpc) is 3.70. The summed E-state index contributed by atoms with van der Waals surface area (Å²) in [6.07, 6.45) is 5.32. The summed E-state index contributed by atoms with van der Waals surface area (Å²) in [7, 11) is 0. The van der Waals surface area contributed by atoms with Crippen molar-refractivity contribution in [2.24, 2.45) is 17.3 Å². The summed E-state index contributed by atoms with van der Waals surface area (Å²) in [6, 6.07) is 3.48. The number of alkyl halides is 3. The Kier molecular flexibility index (Phi) is 8.07. The van der Waals surface area contributed by atoms with Crippen LogP contribution in [0.3, 0.4) is 0 Å². The molecule has 11 nitrogen and oxygen atoms in total. The number of carboxylic acid groups (broad SMARTS) is 1. The highest BCUT2D eigenvalue weighted by Gasteiger charge is 2.54. The van der Waals surface area contributed by atoms with Crippen LogP contribution in [-0.4, -0.2) is 86.9 Å². The van der Waals surface area contributed by atoms with Gasteiger partial charge in [0, 0.05) is 51.0 Å². The number of anilines is 1. The molecule has 0 unspecified atom stereocenters. The lowest BCUT2D eigenvalue weighted by Gasteiger charge is -2.32. The highest BCUT2D eigenvalue weighted by Crippen LogP contribution is 2.44. The summed E-state index contributed by atoms with van der Waals surface area (Å²) in [4.78, 5) is 48.3. The minimum Gasteiger partial charge on any atom is -0.475 e. The maximum atomic E-state index is 13.5. The van der Waals surface area contributed by atoms with E-state index in [0.29, 0.717) is 43.6 Å². The fraction of sp³-hybridized carbons (Fsp3) is 0.542. The number of aliphatic carboxylic acids is 1. The first-order chi connectivity index (χ1) is 18.1. The number of carbonyl (C=O) groups excluding carboxylic acids is 2. The Hall–Kier alpha value is -3.84. The Balaban J connectivity index is 0.000000426. The van der Waals surface area contributed by atoms with Crippen molar-refractivity contribution in [3.8, 4) is 0 Å². The highest BCUT2D eigenvalue weighted by atomic mass is 19.4. The van der Waals surface area contributed by atoms with Crippen molar-refractivity contribution in [1.82, 2.24) is 30.4 Å². The zero-order valence-corrected chi connectivity index (χ0v) is 20.5. The molecule has 38 heavy (non-hydrogen) atoms. The third-order valence-corrected chi connectivity index (χ3v) is 7.08. The smallest absolute Gasteiger partial charge is 0.475 e. The van der Waals surface area contributed by atoms with Crippen LogP contribution >= 0.6 is 0 Å². The van der Waals surface area contributed by atoms with Gasteiger partial charge in [-0.1, -0.05) is 0 Å². The summed E-state index contributed by atoms with van der Waals surface area (Å²) in [5.74, 6) is -1.43. The number of nitrogens with one attached hydrogen (secondary N) is 1. The number of carboxylic acids is 1. The van der Waals surface area contributed by atoms with Crippen molar-refractivity contribution in [3.05, 3.63) is 42.5 Å². The Bertz CT molecular complexity index is 1130. The number of rotatable bonds is 5. The number of nitrogens with zero attached hydrogens (tertiary/aromatic N) is 6. The summed E-state index contributed by atoms with van der Waals surface area (Å²) >= 11 is 0. The third kappa shape index (κ3) is 6.34. The van der Waals surface area contributed by atoms with Crippen molar-refractivity contribution in [2.75, 3.05) is 37.6 Å². The van der Waals surface area contributed by atoms with Crippen molar-refractivity contribution in [3.63, 3.8) is 0 Å². The van der Waals surface area contributed by atoms with Crippen LogP contribution in [0.1, 0.15) is 36.0 Å². The van der Waals surface area contributed by atoms with E-state index < -0.39 is 17.6 Å². The predicted molar refractivity (Wildman–Crippen MR) is 127 cm³/mol. The molecule has 0 bridgehead atoms. The van der Waals surface area contributed by atoms with E-state index in [1.54, 1.807) is 24.5 Å². The second kappa shape index (κ2) is 11.3. The maximum absolute atomic E-state index is 13.5. The predicted octanol–water partition coefficient (Wildman–Crippen LogP) is 1.78. The van der Waals surface area contributed by atoms with Gasteiger partial charge in [-0.25, -0.2) is 14.8 Å². The SMILES string of the molecule is O=C(O)C(F)(F)F.O=C(c1ccnnc1)N1CCC[C@@]2(C(=O)NCC3CC3)CN(c3ncccn3)C[C@@H]2C1.